The second-order valence-electron chi connectivity index (χ2n) is 8.76. The molecule has 3 N–H and O–H groups in total. The summed E-state index contributed by atoms with van der Waals surface area (Å²) in [6.45, 7) is 6.17. The fourth-order valence-electron chi connectivity index (χ4n) is 4.84. The van der Waals surface area contributed by atoms with Crippen LogP contribution in [0.25, 0.3) is 21.8 Å². The minimum atomic E-state index is -0.875. The molecule has 5 rings (SSSR count). The van der Waals surface area contributed by atoms with Crippen LogP contribution in [0.2, 0.25) is 0 Å². The number of rotatable bonds is 5. The lowest BCUT2D eigenvalue weighted by atomic mass is 10.0. The molecule has 1 aliphatic heterocycles. The summed E-state index contributed by atoms with van der Waals surface area (Å²) in [4.78, 5) is 36.0. The fourth-order valence-corrected chi connectivity index (χ4v) is 4.84. The summed E-state index contributed by atoms with van der Waals surface area (Å²) in [6, 6.07) is 15.0. The standard InChI is InChI=1S/C26H27N5O3/c1-16-13-24(29-22-6-4-3-5-19(16)22)30-9-11-31(12-10-30)25(26(33)34)21-15-27-23-14-18(28-17(2)32)7-8-20(21)23/h3-8,13-15,25,27H,9-12H2,1-2H3,(H,28,32)(H,33,34). The van der Waals surface area contributed by atoms with Gasteiger partial charge in [-0.2, -0.15) is 0 Å². The molecule has 1 amide bonds. The van der Waals surface area contributed by atoms with Crippen LogP contribution in [0.3, 0.4) is 0 Å². The van der Waals surface area contributed by atoms with Crippen molar-refractivity contribution in [3.8, 4) is 0 Å². The zero-order valence-corrected chi connectivity index (χ0v) is 19.2. The predicted octanol–water partition coefficient (Wildman–Crippen LogP) is 3.93. The molecule has 0 saturated carbocycles. The number of carbonyl (C=O) groups excluding carboxylic acids is 1. The summed E-state index contributed by atoms with van der Waals surface area (Å²) in [5, 5.41) is 14.9. The van der Waals surface area contributed by atoms with E-state index in [2.05, 4.69) is 34.3 Å². The second-order valence-corrected chi connectivity index (χ2v) is 8.76. The van der Waals surface area contributed by atoms with Gasteiger partial charge in [-0.05, 0) is 36.8 Å². The van der Waals surface area contributed by atoms with Gasteiger partial charge in [0.2, 0.25) is 5.91 Å². The minimum Gasteiger partial charge on any atom is -0.480 e. The van der Waals surface area contributed by atoms with Crippen molar-refractivity contribution in [3.63, 3.8) is 0 Å². The molecule has 0 radical (unpaired) electrons. The highest BCUT2D eigenvalue weighted by Gasteiger charge is 2.32. The number of para-hydroxylation sites is 1. The first-order valence-electron chi connectivity index (χ1n) is 11.4. The Bertz CT molecular complexity index is 1390. The highest BCUT2D eigenvalue weighted by atomic mass is 16.4. The van der Waals surface area contributed by atoms with Crippen molar-refractivity contribution < 1.29 is 14.7 Å². The SMILES string of the molecule is CC(=O)Nc1ccc2c(C(C(=O)O)N3CCN(c4cc(C)c5ccccc5n4)CC3)c[nH]c2c1. The van der Waals surface area contributed by atoms with Crippen molar-refractivity contribution in [2.75, 3.05) is 36.4 Å². The molecule has 8 nitrogen and oxygen atoms in total. The molecule has 0 bridgehead atoms. The Balaban J connectivity index is 1.37. The average molecular weight is 458 g/mol. The molecule has 2 aromatic heterocycles. The van der Waals surface area contributed by atoms with Crippen molar-refractivity contribution in [1.82, 2.24) is 14.9 Å². The van der Waals surface area contributed by atoms with E-state index in [9.17, 15) is 14.7 Å². The van der Waals surface area contributed by atoms with Gasteiger partial charge in [-0.1, -0.05) is 24.3 Å². The molecule has 3 heterocycles. The summed E-state index contributed by atoms with van der Waals surface area (Å²) in [6.07, 6.45) is 1.77. The van der Waals surface area contributed by atoms with E-state index < -0.39 is 12.0 Å². The number of nitrogens with zero attached hydrogens (tertiary/aromatic N) is 3. The number of amides is 1. The summed E-state index contributed by atoms with van der Waals surface area (Å²) < 4.78 is 0. The van der Waals surface area contributed by atoms with Crippen LogP contribution < -0.4 is 10.2 Å². The normalized spacial score (nSPS) is 15.5. The number of carboxylic acids is 1. The first kappa shape index (κ1) is 21.9. The molecule has 34 heavy (non-hydrogen) atoms. The third kappa shape index (κ3) is 4.08. The lowest BCUT2D eigenvalue weighted by molar-refractivity contribution is -0.143. The van der Waals surface area contributed by atoms with Gasteiger partial charge in [0, 0.05) is 66.8 Å². The van der Waals surface area contributed by atoms with Crippen molar-refractivity contribution in [1.29, 1.82) is 0 Å². The van der Waals surface area contributed by atoms with Crippen LogP contribution in [0.1, 0.15) is 24.1 Å². The molecule has 174 valence electrons. The number of pyridine rings is 1. The highest BCUT2D eigenvalue weighted by Crippen LogP contribution is 2.32. The molecular weight excluding hydrogens is 430 g/mol. The Morgan fingerprint density at radius 1 is 1.06 bits per heavy atom. The first-order chi connectivity index (χ1) is 16.4. The second kappa shape index (κ2) is 8.79. The maximum Gasteiger partial charge on any atom is 0.325 e. The number of piperazine rings is 1. The van der Waals surface area contributed by atoms with Gasteiger partial charge < -0.3 is 20.3 Å². The predicted molar refractivity (Wildman–Crippen MR) is 133 cm³/mol. The monoisotopic (exact) mass is 457 g/mol. The number of hydrogen-bond donors (Lipinski definition) is 3. The molecule has 4 aromatic rings. The Kier molecular flexibility index (Phi) is 5.67. The van der Waals surface area contributed by atoms with Gasteiger partial charge in [0.05, 0.1) is 5.52 Å². The maximum absolute atomic E-state index is 12.4. The van der Waals surface area contributed by atoms with Gasteiger partial charge in [0.15, 0.2) is 0 Å². The molecule has 0 aliphatic carbocycles. The molecule has 2 aromatic carbocycles. The molecule has 1 saturated heterocycles. The van der Waals surface area contributed by atoms with Crippen molar-refractivity contribution in [2.24, 2.45) is 0 Å². The third-order valence-corrected chi connectivity index (χ3v) is 6.48. The van der Waals surface area contributed by atoms with E-state index in [4.69, 9.17) is 4.98 Å². The molecule has 1 atom stereocenters. The number of fused-ring (bicyclic) bond motifs is 2. The number of nitrogens with one attached hydrogen (secondary N) is 2. The largest absolute Gasteiger partial charge is 0.480 e. The van der Waals surface area contributed by atoms with E-state index in [0.717, 1.165) is 33.2 Å². The summed E-state index contributed by atoms with van der Waals surface area (Å²) >= 11 is 0. The van der Waals surface area contributed by atoms with Crippen LogP contribution in [0.5, 0.6) is 0 Å². The average Bonchev–Trinajstić information content (AvgIpc) is 3.22. The number of benzene rings is 2. The quantitative estimate of drug-likeness (QED) is 0.420. The Morgan fingerprint density at radius 2 is 1.82 bits per heavy atom. The van der Waals surface area contributed by atoms with Crippen LogP contribution in [0.15, 0.2) is 54.7 Å². The van der Waals surface area contributed by atoms with Crippen molar-refractivity contribution in [2.45, 2.75) is 19.9 Å². The lowest BCUT2D eigenvalue weighted by Crippen LogP contribution is -2.49. The van der Waals surface area contributed by atoms with E-state index in [1.54, 1.807) is 12.3 Å². The molecule has 0 spiro atoms. The van der Waals surface area contributed by atoms with Crippen molar-refractivity contribution in [3.05, 3.63) is 65.9 Å². The van der Waals surface area contributed by atoms with Crippen LogP contribution in [-0.4, -0.2) is 58.0 Å². The Hall–Kier alpha value is -3.91. The molecular formula is C26H27N5O3. The van der Waals surface area contributed by atoms with Gasteiger partial charge in [-0.3, -0.25) is 14.5 Å². The number of carbonyl (C=O) groups is 2. The Morgan fingerprint density at radius 3 is 2.56 bits per heavy atom. The summed E-state index contributed by atoms with van der Waals surface area (Å²) in [5.41, 5.74) is 4.35. The van der Waals surface area contributed by atoms with Crippen LogP contribution >= 0.6 is 0 Å². The molecule has 1 unspecified atom stereocenters. The van der Waals surface area contributed by atoms with E-state index in [-0.39, 0.29) is 5.91 Å². The number of aromatic amines is 1. The number of anilines is 2. The van der Waals surface area contributed by atoms with Gasteiger partial charge in [0.25, 0.3) is 0 Å². The van der Waals surface area contributed by atoms with Gasteiger partial charge in [-0.25, -0.2) is 4.98 Å². The molecule has 1 aliphatic rings. The summed E-state index contributed by atoms with van der Waals surface area (Å²) in [7, 11) is 0. The number of carboxylic acid groups (broad SMARTS) is 1. The molecule has 8 heteroatoms. The maximum atomic E-state index is 12.4. The van der Waals surface area contributed by atoms with Crippen molar-refractivity contribution >= 4 is 45.2 Å². The lowest BCUT2D eigenvalue weighted by Gasteiger charge is -2.38. The van der Waals surface area contributed by atoms with E-state index in [1.165, 1.54) is 12.5 Å². The zero-order chi connectivity index (χ0) is 23.8. The molecule has 1 fully saturated rings. The third-order valence-electron chi connectivity index (χ3n) is 6.48. The first-order valence-corrected chi connectivity index (χ1v) is 11.4. The van der Waals surface area contributed by atoms with E-state index in [0.29, 0.717) is 31.9 Å². The number of H-pyrrole nitrogens is 1. The highest BCUT2D eigenvalue weighted by molar-refractivity contribution is 5.95. The summed E-state index contributed by atoms with van der Waals surface area (Å²) in [5.74, 6) is -0.0937. The number of aromatic nitrogens is 2. The van der Waals surface area contributed by atoms with E-state index >= 15 is 0 Å². The van der Waals surface area contributed by atoms with Gasteiger partial charge >= 0.3 is 5.97 Å². The van der Waals surface area contributed by atoms with Gasteiger partial charge in [0.1, 0.15) is 11.9 Å². The van der Waals surface area contributed by atoms with Gasteiger partial charge in [-0.15, -0.1) is 0 Å². The van der Waals surface area contributed by atoms with Crippen LogP contribution in [0, 0.1) is 6.92 Å². The number of hydrogen-bond acceptors (Lipinski definition) is 5. The number of aliphatic carboxylic acids is 1. The number of aryl methyl sites for hydroxylation is 1. The zero-order valence-electron chi connectivity index (χ0n) is 19.2. The topological polar surface area (TPSA) is 102 Å². The van der Waals surface area contributed by atoms with Crippen LogP contribution in [0.4, 0.5) is 11.5 Å². The Labute approximate surface area is 197 Å². The fraction of sp³-hybridized carbons (Fsp3) is 0.269. The minimum absolute atomic E-state index is 0.150. The van der Waals surface area contributed by atoms with E-state index in [1.807, 2.05) is 35.2 Å². The smallest absolute Gasteiger partial charge is 0.325 e. The van der Waals surface area contributed by atoms with Crippen LogP contribution in [-0.2, 0) is 9.59 Å².